The smallest absolute Gasteiger partial charge is 0.294 e. The van der Waals surface area contributed by atoms with Crippen LogP contribution in [0.25, 0.3) is 33.6 Å². The van der Waals surface area contributed by atoms with E-state index in [0.717, 1.165) is 0 Å². The van der Waals surface area contributed by atoms with Crippen LogP contribution in [0, 0.1) is 0 Å². The number of phenolic OH excluding ortho intramolecular Hbond substituents is 1. The second-order valence-corrected chi connectivity index (χ2v) is 4.60. The van der Waals surface area contributed by atoms with E-state index in [0.29, 0.717) is 28.0 Å². The second kappa shape index (κ2) is 4.17. The van der Waals surface area contributed by atoms with Crippen molar-refractivity contribution in [1.29, 1.82) is 0 Å². The number of hydrogen-bond acceptors (Lipinski definition) is 5. The SMILES string of the molecule is O=c1[nH]c(-c2ccc(O)cc2)nc2c1oc1ncccc12. The maximum Gasteiger partial charge on any atom is 0.294 e. The molecule has 3 heterocycles. The quantitative estimate of drug-likeness (QED) is 0.558. The molecule has 3 aromatic heterocycles. The maximum absolute atomic E-state index is 12.1. The van der Waals surface area contributed by atoms with Crippen LogP contribution in [0.3, 0.4) is 0 Å². The number of fused-ring (bicyclic) bond motifs is 3. The number of phenols is 1. The third-order valence-corrected chi connectivity index (χ3v) is 3.24. The van der Waals surface area contributed by atoms with E-state index >= 15 is 0 Å². The van der Waals surface area contributed by atoms with Crippen molar-refractivity contribution in [1.82, 2.24) is 15.0 Å². The van der Waals surface area contributed by atoms with Crippen LogP contribution in [-0.4, -0.2) is 20.1 Å². The Balaban J connectivity index is 2.05. The largest absolute Gasteiger partial charge is 0.508 e. The van der Waals surface area contributed by atoms with Crippen LogP contribution in [0.4, 0.5) is 0 Å². The van der Waals surface area contributed by atoms with Gasteiger partial charge in [0.05, 0.1) is 5.39 Å². The van der Waals surface area contributed by atoms with Crippen molar-refractivity contribution in [2.24, 2.45) is 0 Å². The first-order valence-corrected chi connectivity index (χ1v) is 6.29. The van der Waals surface area contributed by atoms with Gasteiger partial charge in [-0.2, -0.15) is 0 Å². The number of benzene rings is 1. The van der Waals surface area contributed by atoms with Gasteiger partial charge in [-0.15, -0.1) is 0 Å². The molecular formula is C15H9N3O3. The molecule has 4 rings (SSSR count). The van der Waals surface area contributed by atoms with Crippen molar-refractivity contribution >= 4 is 22.2 Å². The highest BCUT2D eigenvalue weighted by Gasteiger charge is 2.14. The topological polar surface area (TPSA) is 92.0 Å². The van der Waals surface area contributed by atoms with Crippen molar-refractivity contribution in [2.75, 3.05) is 0 Å². The van der Waals surface area contributed by atoms with Gasteiger partial charge in [0.2, 0.25) is 11.3 Å². The van der Waals surface area contributed by atoms with E-state index in [-0.39, 0.29) is 16.9 Å². The van der Waals surface area contributed by atoms with E-state index in [4.69, 9.17) is 4.42 Å². The Kier molecular flexibility index (Phi) is 2.32. The fourth-order valence-electron chi connectivity index (χ4n) is 2.24. The van der Waals surface area contributed by atoms with Crippen LogP contribution < -0.4 is 5.56 Å². The van der Waals surface area contributed by atoms with Gasteiger partial charge in [-0.3, -0.25) is 4.79 Å². The number of nitrogens with zero attached hydrogens (tertiary/aromatic N) is 2. The fourth-order valence-corrected chi connectivity index (χ4v) is 2.24. The molecular weight excluding hydrogens is 270 g/mol. The molecule has 0 atom stereocenters. The van der Waals surface area contributed by atoms with E-state index in [1.807, 2.05) is 0 Å². The summed E-state index contributed by atoms with van der Waals surface area (Å²) in [5.41, 5.74) is 1.36. The number of rotatable bonds is 1. The summed E-state index contributed by atoms with van der Waals surface area (Å²) in [5, 5.41) is 10.0. The molecule has 0 aliphatic rings. The average molecular weight is 279 g/mol. The predicted octanol–water partition coefficient (Wildman–Crippen LogP) is 2.44. The molecule has 0 spiro atoms. The number of hydrogen-bond donors (Lipinski definition) is 2. The monoisotopic (exact) mass is 279 g/mol. The third-order valence-electron chi connectivity index (χ3n) is 3.24. The van der Waals surface area contributed by atoms with Crippen LogP contribution in [0.5, 0.6) is 5.75 Å². The summed E-state index contributed by atoms with van der Waals surface area (Å²) in [7, 11) is 0. The first kappa shape index (κ1) is 11.7. The molecule has 21 heavy (non-hydrogen) atoms. The number of furan rings is 1. The van der Waals surface area contributed by atoms with Crippen molar-refractivity contribution in [3.05, 3.63) is 52.9 Å². The van der Waals surface area contributed by atoms with Crippen LogP contribution in [0.15, 0.2) is 51.8 Å². The lowest BCUT2D eigenvalue weighted by atomic mass is 10.2. The molecule has 4 aromatic rings. The van der Waals surface area contributed by atoms with E-state index in [2.05, 4.69) is 15.0 Å². The van der Waals surface area contributed by atoms with Gasteiger partial charge in [0, 0.05) is 11.8 Å². The Morgan fingerprint density at radius 1 is 1.14 bits per heavy atom. The van der Waals surface area contributed by atoms with E-state index in [1.165, 1.54) is 12.1 Å². The summed E-state index contributed by atoms with van der Waals surface area (Å²) >= 11 is 0. The lowest BCUT2D eigenvalue weighted by molar-refractivity contribution is 0.475. The number of aromatic nitrogens is 3. The molecule has 0 aliphatic heterocycles. The highest BCUT2D eigenvalue weighted by Crippen LogP contribution is 2.25. The van der Waals surface area contributed by atoms with Crippen molar-refractivity contribution in [2.45, 2.75) is 0 Å². The Bertz CT molecular complexity index is 1020. The van der Waals surface area contributed by atoms with Crippen LogP contribution >= 0.6 is 0 Å². The fraction of sp³-hybridized carbons (Fsp3) is 0. The maximum atomic E-state index is 12.1. The van der Waals surface area contributed by atoms with Gasteiger partial charge >= 0.3 is 0 Å². The highest BCUT2D eigenvalue weighted by atomic mass is 16.3. The van der Waals surface area contributed by atoms with Crippen LogP contribution in [0.1, 0.15) is 0 Å². The lowest BCUT2D eigenvalue weighted by Gasteiger charge is -2.00. The summed E-state index contributed by atoms with van der Waals surface area (Å²) in [6.07, 6.45) is 1.60. The molecule has 0 saturated heterocycles. The summed E-state index contributed by atoms with van der Waals surface area (Å²) in [6.45, 7) is 0. The first-order chi connectivity index (χ1) is 10.2. The molecule has 0 unspecified atom stereocenters. The van der Waals surface area contributed by atoms with Gasteiger partial charge in [0.15, 0.2) is 0 Å². The Hall–Kier alpha value is -3.15. The summed E-state index contributed by atoms with van der Waals surface area (Å²) in [6, 6.07) is 10.0. The summed E-state index contributed by atoms with van der Waals surface area (Å²) in [4.78, 5) is 23.4. The second-order valence-electron chi connectivity index (χ2n) is 4.60. The zero-order valence-electron chi connectivity index (χ0n) is 10.7. The molecule has 0 fully saturated rings. The summed E-state index contributed by atoms with van der Waals surface area (Å²) < 4.78 is 5.44. The van der Waals surface area contributed by atoms with Gasteiger partial charge < -0.3 is 14.5 Å². The number of pyridine rings is 1. The van der Waals surface area contributed by atoms with Gasteiger partial charge in [0.1, 0.15) is 17.1 Å². The standard InChI is InChI=1S/C15H9N3O3/c19-9-5-3-8(4-6-9)13-17-11-10-2-1-7-16-15(10)21-12(11)14(20)18-13/h1-7,19H,(H,17,18,20). The minimum atomic E-state index is -0.360. The van der Waals surface area contributed by atoms with E-state index < -0.39 is 0 Å². The minimum Gasteiger partial charge on any atom is -0.508 e. The molecule has 0 amide bonds. The molecule has 0 radical (unpaired) electrons. The van der Waals surface area contributed by atoms with E-state index in [1.54, 1.807) is 30.5 Å². The van der Waals surface area contributed by atoms with Crippen molar-refractivity contribution < 1.29 is 9.52 Å². The molecule has 2 N–H and O–H groups in total. The van der Waals surface area contributed by atoms with Gasteiger partial charge in [-0.25, -0.2) is 9.97 Å². The molecule has 6 nitrogen and oxygen atoms in total. The average Bonchev–Trinajstić information content (AvgIpc) is 2.87. The molecule has 0 saturated carbocycles. The number of aromatic hydroxyl groups is 1. The number of aromatic amines is 1. The minimum absolute atomic E-state index is 0.153. The normalized spacial score (nSPS) is 11.2. The van der Waals surface area contributed by atoms with Crippen molar-refractivity contribution in [3.63, 3.8) is 0 Å². The third kappa shape index (κ3) is 1.77. The molecule has 0 aliphatic carbocycles. The van der Waals surface area contributed by atoms with Gasteiger partial charge in [-0.05, 0) is 36.4 Å². The lowest BCUT2D eigenvalue weighted by Crippen LogP contribution is -2.08. The highest BCUT2D eigenvalue weighted by molar-refractivity contribution is 6.00. The van der Waals surface area contributed by atoms with Gasteiger partial charge in [0.25, 0.3) is 5.56 Å². The molecule has 1 aromatic carbocycles. The first-order valence-electron chi connectivity index (χ1n) is 6.29. The van der Waals surface area contributed by atoms with Crippen LogP contribution in [0.2, 0.25) is 0 Å². The Morgan fingerprint density at radius 3 is 2.76 bits per heavy atom. The van der Waals surface area contributed by atoms with Crippen molar-refractivity contribution in [3.8, 4) is 17.1 Å². The number of H-pyrrole nitrogens is 1. The van der Waals surface area contributed by atoms with Gasteiger partial charge in [-0.1, -0.05) is 0 Å². The zero-order valence-corrected chi connectivity index (χ0v) is 10.7. The zero-order chi connectivity index (χ0) is 14.4. The number of nitrogens with one attached hydrogen (secondary N) is 1. The summed E-state index contributed by atoms with van der Waals surface area (Å²) in [5.74, 6) is 0.569. The Labute approximate surface area is 117 Å². The van der Waals surface area contributed by atoms with Crippen LogP contribution in [-0.2, 0) is 0 Å². The molecule has 102 valence electrons. The molecule has 0 bridgehead atoms. The molecule has 6 heteroatoms. The predicted molar refractivity (Wildman–Crippen MR) is 77.0 cm³/mol. The van der Waals surface area contributed by atoms with E-state index in [9.17, 15) is 9.90 Å². The Morgan fingerprint density at radius 2 is 1.95 bits per heavy atom.